The van der Waals surface area contributed by atoms with Gasteiger partial charge >= 0.3 is 5.97 Å². The van der Waals surface area contributed by atoms with E-state index in [1.54, 1.807) is 6.92 Å². The summed E-state index contributed by atoms with van der Waals surface area (Å²) in [4.78, 5) is 14.8. The van der Waals surface area contributed by atoms with Crippen LogP contribution in [0.4, 0.5) is 5.82 Å². The normalized spacial score (nSPS) is 14.1. The van der Waals surface area contributed by atoms with Gasteiger partial charge in [0.2, 0.25) is 0 Å². The van der Waals surface area contributed by atoms with Gasteiger partial charge in [0.05, 0.1) is 16.7 Å². The Morgan fingerprint density at radius 3 is 2.76 bits per heavy atom. The van der Waals surface area contributed by atoms with Crippen LogP contribution in [-0.2, 0) is 0 Å². The number of nitrogens with one attached hydrogen (secondary N) is 1. The Morgan fingerprint density at radius 1 is 1.59 bits per heavy atom. The Bertz CT molecular complexity index is 410. The smallest absolute Gasteiger partial charge is 0.337 e. The third-order valence-corrected chi connectivity index (χ3v) is 2.58. The van der Waals surface area contributed by atoms with Crippen LogP contribution < -0.4 is 5.32 Å². The second-order valence-electron chi connectivity index (χ2n) is 3.96. The summed E-state index contributed by atoms with van der Waals surface area (Å²) < 4.78 is 0. The van der Waals surface area contributed by atoms with Crippen LogP contribution in [0.15, 0.2) is 12.3 Å². The average molecular weight is 259 g/mol. The molecule has 0 spiro atoms. The van der Waals surface area contributed by atoms with Crippen molar-refractivity contribution in [2.45, 2.75) is 32.4 Å². The Balaban J connectivity index is 2.85. The van der Waals surface area contributed by atoms with E-state index in [0.29, 0.717) is 12.2 Å². The molecule has 5 nitrogen and oxygen atoms in total. The molecule has 1 aromatic rings. The fourth-order valence-corrected chi connectivity index (χ4v) is 1.76. The maximum Gasteiger partial charge on any atom is 0.337 e. The highest BCUT2D eigenvalue weighted by atomic mass is 35.5. The molecule has 6 heteroatoms. The van der Waals surface area contributed by atoms with Crippen molar-refractivity contribution in [1.29, 1.82) is 0 Å². The molecule has 0 radical (unpaired) electrons. The van der Waals surface area contributed by atoms with Crippen molar-refractivity contribution in [3.05, 3.63) is 22.8 Å². The summed E-state index contributed by atoms with van der Waals surface area (Å²) >= 11 is 5.92. The van der Waals surface area contributed by atoms with Crippen LogP contribution in [0.1, 0.15) is 30.6 Å². The number of anilines is 1. The standard InChI is InChI=1S/C11H15ClN2O3/c1-6(5-7(2)15)14-10-9(12)8(11(16)17)3-4-13-10/h3-4,6-7,15H,5H2,1-2H3,(H,13,14)(H,16,17). The lowest BCUT2D eigenvalue weighted by atomic mass is 10.1. The van der Waals surface area contributed by atoms with Crippen LogP contribution in [-0.4, -0.2) is 33.3 Å². The van der Waals surface area contributed by atoms with Crippen molar-refractivity contribution in [2.75, 3.05) is 5.32 Å². The number of carboxylic acids is 1. The third-order valence-electron chi connectivity index (χ3n) is 2.20. The highest BCUT2D eigenvalue weighted by molar-refractivity contribution is 6.35. The summed E-state index contributed by atoms with van der Waals surface area (Å²) in [6, 6.07) is 1.29. The van der Waals surface area contributed by atoms with Crippen LogP contribution in [0.3, 0.4) is 0 Å². The first-order chi connectivity index (χ1) is 7.91. The molecule has 2 atom stereocenters. The summed E-state index contributed by atoms with van der Waals surface area (Å²) in [7, 11) is 0. The van der Waals surface area contributed by atoms with Crippen LogP contribution >= 0.6 is 11.6 Å². The first-order valence-corrected chi connectivity index (χ1v) is 5.62. The number of hydrogen-bond donors (Lipinski definition) is 3. The fraction of sp³-hybridized carbons (Fsp3) is 0.455. The minimum atomic E-state index is -1.09. The Kier molecular flexibility index (Phi) is 4.72. The topological polar surface area (TPSA) is 82.5 Å². The van der Waals surface area contributed by atoms with E-state index < -0.39 is 12.1 Å². The summed E-state index contributed by atoms with van der Waals surface area (Å²) in [6.07, 6.45) is 1.46. The highest BCUT2D eigenvalue weighted by Crippen LogP contribution is 2.24. The maximum atomic E-state index is 10.9. The van der Waals surface area contributed by atoms with E-state index in [1.807, 2.05) is 6.92 Å². The number of aromatic carboxylic acids is 1. The first kappa shape index (κ1) is 13.7. The molecule has 0 aliphatic rings. The van der Waals surface area contributed by atoms with Crippen molar-refractivity contribution in [2.24, 2.45) is 0 Å². The first-order valence-electron chi connectivity index (χ1n) is 5.24. The fourth-order valence-electron chi connectivity index (χ4n) is 1.51. The molecule has 0 saturated carbocycles. The van der Waals surface area contributed by atoms with E-state index in [2.05, 4.69) is 10.3 Å². The van der Waals surface area contributed by atoms with E-state index in [1.165, 1.54) is 12.3 Å². The van der Waals surface area contributed by atoms with Crippen LogP contribution in [0.5, 0.6) is 0 Å². The quantitative estimate of drug-likeness (QED) is 0.753. The highest BCUT2D eigenvalue weighted by Gasteiger charge is 2.15. The van der Waals surface area contributed by atoms with Gasteiger partial charge < -0.3 is 15.5 Å². The van der Waals surface area contributed by atoms with Crippen molar-refractivity contribution < 1.29 is 15.0 Å². The summed E-state index contributed by atoms with van der Waals surface area (Å²) in [5.74, 6) is -0.775. The molecular weight excluding hydrogens is 244 g/mol. The summed E-state index contributed by atoms with van der Waals surface area (Å²) in [6.45, 7) is 3.54. The van der Waals surface area contributed by atoms with Gasteiger partial charge in [-0.05, 0) is 26.3 Å². The van der Waals surface area contributed by atoms with E-state index in [0.717, 1.165) is 0 Å². The second-order valence-corrected chi connectivity index (χ2v) is 4.33. The summed E-state index contributed by atoms with van der Waals surface area (Å²) in [5.41, 5.74) is 0.00779. The largest absolute Gasteiger partial charge is 0.478 e. The predicted molar refractivity (Wildman–Crippen MR) is 65.6 cm³/mol. The van der Waals surface area contributed by atoms with Crippen LogP contribution in [0, 0.1) is 0 Å². The lowest BCUT2D eigenvalue weighted by Gasteiger charge is -2.17. The predicted octanol–water partition coefficient (Wildman–Crippen LogP) is 2.00. The molecule has 0 aromatic carbocycles. The molecule has 0 fully saturated rings. The van der Waals surface area contributed by atoms with Crippen LogP contribution in [0.2, 0.25) is 5.02 Å². The molecule has 0 saturated heterocycles. The second kappa shape index (κ2) is 5.84. The molecule has 94 valence electrons. The van der Waals surface area contributed by atoms with Crippen molar-refractivity contribution in [3.63, 3.8) is 0 Å². The molecule has 2 unspecified atom stereocenters. The van der Waals surface area contributed by atoms with Gasteiger partial charge in [-0.1, -0.05) is 11.6 Å². The molecule has 0 aliphatic carbocycles. The SMILES string of the molecule is CC(O)CC(C)Nc1nccc(C(=O)O)c1Cl. The molecule has 0 aliphatic heterocycles. The third kappa shape index (κ3) is 3.87. The number of nitrogens with zero attached hydrogens (tertiary/aromatic N) is 1. The number of halogens is 1. The zero-order valence-electron chi connectivity index (χ0n) is 9.64. The molecule has 1 aromatic heterocycles. The van der Waals surface area contributed by atoms with Gasteiger partial charge in [-0.15, -0.1) is 0 Å². The van der Waals surface area contributed by atoms with Crippen molar-refractivity contribution in [3.8, 4) is 0 Å². The lowest BCUT2D eigenvalue weighted by molar-refractivity contribution is 0.0697. The van der Waals surface area contributed by atoms with Crippen molar-refractivity contribution in [1.82, 2.24) is 4.98 Å². The molecule has 0 bridgehead atoms. The van der Waals surface area contributed by atoms with Gasteiger partial charge in [0, 0.05) is 12.2 Å². The van der Waals surface area contributed by atoms with E-state index >= 15 is 0 Å². The van der Waals surface area contributed by atoms with Gasteiger partial charge in [-0.2, -0.15) is 0 Å². The van der Waals surface area contributed by atoms with Gasteiger partial charge in [-0.25, -0.2) is 9.78 Å². The monoisotopic (exact) mass is 258 g/mol. The van der Waals surface area contributed by atoms with Gasteiger partial charge in [-0.3, -0.25) is 0 Å². The average Bonchev–Trinajstić information content (AvgIpc) is 2.19. The van der Waals surface area contributed by atoms with E-state index in [-0.39, 0.29) is 16.6 Å². The number of aromatic nitrogens is 1. The molecule has 0 amide bonds. The number of rotatable bonds is 5. The zero-order valence-corrected chi connectivity index (χ0v) is 10.4. The minimum Gasteiger partial charge on any atom is -0.478 e. The minimum absolute atomic E-state index is 0.00779. The number of carbonyl (C=O) groups is 1. The Hall–Kier alpha value is -1.33. The number of carboxylic acid groups (broad SMARTS) is 1. The zero-order chi connectivity index (χ0) is 13.0. The number of aliphatic hydroxyl groups excluding tert-OH is 1. The molecule has 3 N–H and O–H groups in total. The molecular formula is C11H15ClN2O3. The van der Waals surface area contributed by atoms with Gasteiger partial charge in [0.1, 0.15) is 5.82 Å². The van der Waals surface area contributed by atoms with E-state index in [4.69, 9.17) is 16.7 Å². The number of pyridine rings is 1. The Morgan fingerprint density at radius 2 is 2.24 bits per heavy atom. The number of hydrogen-bond acceptors (Lipinski definition) is 4. The van der Waals surface area contributed by atoms with Gasteiger partial charge in [0.25, 0.3) is 0 Å². The van der Waals surface area contributed by atoms with Crippen molar-refractivity contribution >= 4 is 23.4 Å². The van der Waals surface area contributed by atoms with E-state index in [9.17, 15) is 9.90 Å². The van der Waals surface area contributed by atoms with Crippen LogP contribution in [0.25, 0.3) is 0 Å². The summed E-state index contributed by atoms with van der Waals surface area (Å²) in [5, 5.41) is 21.2. The number of aliphatic hydroxyl groups is 1. The molecule has 1 rings (SSSR count). The molecule has 1 heterocycles. The van der Waals surface area contributed by atoms with Gasteiger partial charge in [0.15, 0.2) is 0 Å². The lowest BCUT2D eigenvalue weighted by Crippen LogP contribution is -2.21. The molecule has 17 heavy (non-hydrogen) atoms. The maximum absolute atomic E-state index is 10.9. The Labute approximate surface area is 104 Å².